The number of hydrogen-bond donors (Lipinski definition) is 0. The van der Waals surface area contributed by atoms with Crippen LogP contribution in [-0.4, -0.2) is 12.6 Å². The molecule has 1 heterocycles. The fourth-order valence-corrected chi connectivity index (χ4v) is 2.93. The smallest absolute Gasteiger partial charge is 0.0752 e. The van der Waals surface area contributed by atoms with Crippen molar-refractivity contribution in [2.24, 2.45) is 5.92 Å². The van der Waals surface area contributed by atoms with Gasteiger partial charge in [0.15, 0.2) is 0 Å². The molecule has 0 amide bonds. The molecule has 0 N–H and O–H groups in total. The molecule has 0 aliphatic carbocycles. The lowest BCUT2D eigenvalue weighted by Gasteiger charge is -2.40. The summed E-state index contributed by atoms with van der Waals surface area (Å²) in [4.78, 5) is 5.88. The largest absolute Gasteiger partial charge is 0.273 e. The van der Waals surface area contributed by atoms with Crippen LogP contribution in [0, 0.1) is 5.92 Å². The summed E-state index contributed by atoms with van der Waals surface area (Å²) in [5.41, 5.74) is 2.57. The summed E-state index contributed by atoms with van der Waals surface area (Å²) in [5, 5.41) is 2.08. The van der Waals surface area contributed by atoms with Crippen LogP contribution in [0.25, 0.3) is 0 Å². The number of rotatable bonds is 3. The van der Waals surface area contributed by atoms with E-state index in [1.165, 1.54) is 5.56 Å². The molecular formula is C18H21NO. The first kappa shape index (κ1) is 13.2. The lowest BCUT2D eigenvalue weighted by Crippen LogP contribution is -2.44. The fourth-order valence-electron chi connectivity index (χ4n) is 2.93. The van der Waals surface area contributed by atoms with Crippen LogP contribution in [0.15, 0.2) is 60.7 Å². The van der Waals surface area contributed by atoms with Gasteiger partial charge < -0.3 is 0 Å². The molecule has 1 fully saturated rings. The Bertz CT molecular complexity index is 526. The minimum absolute atomic E-state index is 0.395. The van der Waals surface area contributed by atoms with Crippen molar-refractivity contribution in [2.45, 2.75) is 25.8 Å². The number of nitrogens with zero attached hydrogens (tertiary/aromatic N) is 1. The molecule has 2 nitrogen and oxygen atoms in total. The van der Waals surface area contributed by atoms with E-state index in [0.717, 1.165) is 25.1 Å². The topological polar surface area (TPSA) is 12.5 Å². The van der Waals surface area contributed by atoms with Gasteiger partial charge in [0.05, 0.1) is 18.3 Å². The average Bonchev–Trinajstić information content (AvgIpc) is 2.51. The Labute approximate surface area is 120 Å². The van der Waals surface area contributed by atoms with Crippen LogP contribution in [0.4, 0.5) is 5.69 Å². The first-order valence-electron chi connectivity index (χ1n) is 7.36. The molecule has 20 heavy (non-hydrogen) atoms. The normalized spacial score (nSPS) is 22.8. The maximum atomic E-state index is 5.88. The zero-order chi connectivity index (χ0) is 13.8. The molecule has 0 saturated carbocycles. The number of anilines is 1. The van der Waals surface area contributed by atoms with Gasteiger partial charge in [-0.1, -0.05) is 48.5 Å². The third-order valence-corrected chi connectivity index (χ3v) is 4.12. The summed E-state index contributed by atoms with van der Waals surface area (Å²) in [6.45, 7) is 3.07. The number of hydrogen-bond acceptors (Lipinski definition) is 2. The van der Waals surface area contributed by atoms with Crippen molar-refractivity contribution in [1.82, 2.24) is 0 Å². The Morgan fingerprint density at radius 1 is 1.00 bits per heavy atom. The van der Waals surface area contributed by atoms with E-state index in [4.69, 9.17) is 4.84 Å². The number of benzene rings is 2. The summed E-state index contributed by atoms with van der Waals surface area (Å²) in [6, 6.07) is 21.5. The molecule has 2 aromatic carbocycles. The molecule has 2 aromatic rings. The second-order valence-corrected chi connectivity index (χ2v) is 5.47. The summed E-state index contributed by atoms with van der Waals surface area (Å²) in [5.74, 6) is 0.631. The van der Waals surface area contributed by atoms with E-state index in [9.17, 15) is 0 Å². The van der Waals surface area contributed by atoms with Crippen molar-refractivity contribution < 1.29 is 4.84 Å². The molecule has 104 valence electrons. The second kappa shape index (κ2) is 6.10. The van der Waals surface area contributed by atoms with E-state index in [1.54, 1.807) is 0 Å². The van der Waals surface area contributed by atoms with Crippen LogP contribution in [0.1, 0.15) is 18.9 Å². The second-order valence-electron chi connectivity index (χ2n) is 5.47. The van der Waals surface area contributed by atoms with Gasteiger partial charge in [0.1, 0.15) is 0 Å². The first-order valence-corrected chi connectivity index (χ1v) is 7.36. The lowest BCUT2D eigenvalue weighted by atomic mass is 9.89. The Balaban J connectivity index is 1.74. The molecule has 0 spiro atoms. The van der Waals surface area contributed by atoms with Gasteiger partial charge in [-0.15, -0.1) is 0 Å². The van der Waals surface area contributed by atoms with Crippen LogP contribution in [0.2, 0.25) is 0 Å². The minimum Gasteiger partial charge on any atom is -0.273 e. The molecular weight excluding hydrogens is 246 g/mol. The van der Waals surface area contributed by atoms with Crippen molar-refractivity contribution >= 4 is 5.69 Å². The molecule has 0 aromatic heterocycles. The van der Waals surface area contributed by atoms with Crippen molar-refractivity contribution in [3.05, 3.63) is 66.2 Å². The van der Waals surface area contributed by atoms with Gasteiger partial charge >= 0.3 is 0 Å². The Morgan fingerprint density at radius 3 is 2.35 bits per heavy atom. The van der Waals surface area contributed by atoms with Gasteiger partial charge in [0.2, 0.25) is 0 Å². The molecule has 1 saturated heterocycles. The van der Waals surface area contributed by atoms with Crippen molar-refractivity contribution in [1.29, 1.82) is 0 Å². The van der Waals surface area contributed by atoms with Gasteiger partial charge in [-0.05, 0) is 43.4 Å². The van der Waals surface area contributed by atoms with E-state index >= 15 is 0 Å². The monoisotopic (exact) mass is 267 g/mol. The van der Waals surface area contributed by atoms with Crippen LogP contribution in [0.5, 0.6) is 0 Å². The first-order chi connectivity index (χ1) is 9.84. The molecule has 3 rings (SSSR count). The summed E-state index contributed by atoms with van der Waals surface area (Å²) in [6.07, 6.45) is 2.24. The highest BCUT2D eigenvalue weighted by molar-refractivity contribution is 5.44. The lowest BCUT2D eigenvalue weighted by molar-refractivity contribution is 0.0234. The van der Waals surface area contributed by atoms with Crippen LogP contribution in [0.3, 0.4) is 0 Å². The Hall–Kier alpha value is -1.80. The van der Waals surface area contributed by atoms with Gasteiger partial charge in [-0.3, -0.25) is 9.90 Å². The highest BCUT2D eigenvalue weighted by Gasteiger charge is 2.29. The fraction of sp³-hybridized carbons (Fsp3) is 0.333. The Morgan fingerprint density at radius 2 is 1.65 bits per heavy atom. The van der Waals surface area contributed by atoms with Gasteiger partial charge in [0, 0.05) is 0 Å². The molecule has 0 radical (unpaired) electrons. The average molecular weight is 267 g/mol. The highest BCUT2D eigenvalue weighted by atomic mass is 16.7. The van der Waals surface area contributed by atoms with Gasteiger partial charge in [-0.25, -0.2) is 0 Å². The standard InChI is InChI=1S/C18H21NO/c1-15-17(14-16-8-4-2-5-9-16)12-13-20-19(15)18-10-6-3-7-11-18/h2-11,15,17H,12-14H2,1H3. The van der Waals surface area contributed by atoms with E-state index in [0.29, 0.717) is 12.0 Å². The maximum Gasteiger partial charge on any atom is 0.0752 e. The van der Waals surface area contributed by atoms with Gasteiger partial charge in [0.25, 0.3) is 0 Å². The summed E-state index contributed by atoms with van der Waals surface area (Å²) < 4.78 is 0. The molecule has 2 atom stereocenters. The quantitative estimate of drug-likeness (QED) is 0.831. The van der Waals surface area contributed by atoms with E-state index < -0.39 is 0 Å². The third kappa shape index (κ3) is 2.86. The Kier molecular flexibility index (Phi) is 4.03. The number of hydroxylamine groups is 1. The SMILES string of the molecule is CC1C(Cc2ccccc2)CCON1c1ccccc1. The van der Waals surface area contributed by atoms with Crippen LogP contribution in [-0.2, 0) is 11.3 Å². The predicted octanol–water partition coefficient (Wildman–Crippen LogP) is 4.08. The zero-order valence-corrected chi connectivity index (χ0v) is 11.9. The predicted molar refractivity (Wildman–Crippen MR) is 82.6 cm³/mol. The number of para-hydroxylation sites is 1. The molecule has 2 unspecified atom stereocenters. The minimum atomic E-state index is 0.395. The van der Waals surface area contributed by atoms with E-state index in [-0.39, 0.29) is 0 Å². The van der Waals surface area contributed by atoms with Gasteiger partial charge in [-0.2, -0.15) is 0 Å². The van der Waals surface area contributed by atoms with Crippen LogP contribution < -0.4 is 5.06 Å². The third-order valence-electron chi connectivity index (χ3n) is 4.12. The highest BCUT2D eigenvalue weighted by Crippen LogP contribution is 2.29. The van der Waals surface area contributed by atoms with E-state index in [1.807, 2.05) is 6.07 Å². The summed E-state index contributed by atoms with van der Waals surface area (Å²) >= 11 is 0. The summed E-state index contributed by atoms with van der Waals surface area (Å²) in [7, 11) is 0. The van der Waals surface area contributed by atoms with E-state index in [2.05, 4.69) is 66.6 Å². The molecule has 2 heteroatoms. The molecule has 0 bridgehead atoms. The van der Waals surface area contributed by atoms with Crippen LogP contribution >= 0.6 is 0 Å². The van der Waals surface area contributed by atoms with Crippen molar-refractivity contribution in [2.75, 3.05) is 11.7 Å². The van der Waals surface area contributed by atoms with Crippen molar-refractivity contribution in [3.63, 3.8) is 0 Å². The molecule has 1 aliphatic heterocycles. The maximum absolute atomic E-state index is 5.88. The van der Waals surface area contributed by atoms with Crippen molar-refractivity contribution in [3.8, 4) is 0 Å². The molecule has 1 aliphatic rings. The zero-order valence-electron chi connectivity index (χ0n) is 11.9.